The van der Waals surface area contributed by atoms with Crippen LogP contribution in [-0.4, -0.2) is 18.7 Å². The van der Waals surface area contributed by atoms with Crippen LogP contribution in [0.25, 0.3) is 0 Å². The van der Waals surface area contributed by atoms with E-state index in [1.807, 2.05) is 0 Å². The molecule has 1 heterocycles. The molecule has 0 saturated heterocycles. The summed E-state index contributed by atoms with van der Waals surface area (Å²) in [7, 11) is 0. The first-order chi connectivity index (χ1) is 9.51. The molecule has 2 nitrogen and oxygen atoms in total. The second-order valence-electron chi connectivity index (χ2n) is 6.19. The third-order valence-electron chi connectivity index (χ3n) is 4.32. The minimum absolute atomic E-state index is 0.172. The van der Waals surface area contributed by atoms with Gasteiger partial charge in [0.1, 0.15) is 17.7 Å². The van der Waals surface area contributed by atoms with E-state index in [1.54, 1.807) is 12.1 Å². The van der Waals surface area contributed by atoms with Crippen LogP contribution in [-0.2, 0) is 6.42 Å². The van der Waals surface area contributed by atoms with Crippen molar-refractivity contribution in [1.82, 2.24) is 5.32 Å². The first-order valence-electron chi connectivity index (χ1n) is 7.69. The molecule has 0 aromatic heterocycles. The van der Waals surface area contributed by atoms with Gasteiger partial charge in [-0.05, 0) is 49.9 Å². The Kier molecular flexibility index (Phi) is 5.03. The third kappa shape index (κ3) is 3.51. The van der Waals surface area contributed by atoms with Gasteiger partial charge < -0.3 is 10.1 Å². The molecule has 0 aliphatic carbocycles. The Hall–Kier alpha value is -1.09. The summed E-state index contributed by atoms with van der Waals surface area (Å²) >= 11 is 0. The molecule has 20 heavy (non-hydrogen) atoms. The van der Waals surface area contributed by atoms with Gasteiger partial charge in [-0.1, -0.05) is 20.8 Å². The smallest absolute Gasteiger partial charge is 0.123 e. The molecular formula is C17H26FNO. The van der Waals surface area contributed by atoms with Gasteiger partial charge in [-0.3, -0.25) is 0 Å². The lowest BCUT2D eigenvalue weighted by atomic mass is 9.84. The van der Waals surface area contributed by atoms with Crippen molar-refractivity contribution in [3.8, 4) is 5.75 Å². The molecule has 1 N–H and O–H groups in total. The standard InChI is InChI=1S/C17H26FNO/c1-5-19-12(4)16(11(2)3)10-15-9-13-8-14(18)6-7-17(13)20-15/h6-8,11-12,15-16,19H,5,9-10H2,1-4H3. The van der Waals surface area contributed by atoms with E-state index in [2.05, 4.69) is 33.0 Å². The van der Waals surface area contributed by atoms with E-state index in [0.717, 1.165) is 30.7 Å². The maximum atomic E-state index is 13.2. The fourth-order valence-corrected chi connectivity index (χ4v) is 3.25. The van der Waals surface area contributed by atoms with Gasteiger partial charge in [0.25, 0.3) is 0 Å². The van der Waals surface area contributed by atoms with Crippen LogP contribution in [0.15, 0.2) is 18.2 Å². The van der Waals surface area contributed by atoms with Crippen molar-refractivity contribution in [2.75, 3.05) is 6.54 Å². The van der Waals surface area contributed by atoms with Crippen molar-refractivity contribution in [2.24, 2.45) is 11.8 Å². The number of benzene rings is 1. The Morgan fingerprint density at radius 1 is 1.35 bits per heavy atom. The van der Waals surface area contributed by atoms with E-state index in [1.165, 1.54) is 6.07 Å². The molecule has 1 aromatic carbocycles. The van der Waals surface area contributed by atoms with Crippen LogP contribution in [0.5, 0.6) is 5.75 Å². The number of hydrogen-bond acceptors (Lipinski definition) is 2. The van der Waals surface area contributed by atoms with E-state index in [9.17, 15) is 4.39 Å². The van der Waals surface area contributed by atoms with Crippen LogP contribution in [0, 0.1) is 17.7 Å². The first-order valence-corrected chi connectivity index (χ1v) is 7.69. The Morgan fingerprint density at radius 3 is 2.75 bits per heavy atom. The van der Waals surface area contributed by atoms with Crippen LogP contribution in [0.2, 0.25) is 0 Å². The Bertz CT molecular complexity index is 447. The van der Waals surface area contributed by atoms with Gasteiger partial charge in [-0.15, -0.1) is 0 Å². The highest BCUT2D eigenvalue weighted by Crippen LogP contribution is 2.33. The van der Waals surface area contributed by atoms with Gasteiger partial charge in [-0.25, -0.2) is 4.39 Å². The maximum absolute atomic E-state index is 13.2. The van der Waals surface area contributed by atoms with Gasteiger partial charge in [0.05, 0.1) is 0 Å². The number of rotatable bonds is 6. The SMILES string of the molecule is CCNC(C)C(CC1Cc2cc(F)ccc2O1)C(C)C. The zero-order valence-corrected chi connectivity index (χ0v) is 12.9. The molecular weight excluding hydrogens is 253 g/mol. The Labute approximate surface area is 121 Å². The molecule has 3 atom stereocenters. The predicted octanol–water partition coefficient (Wildman–Crippen LogP) is 3.79. The van der Waals surface area contributed by atoms with Crippen molar-refractivity contribution >= 4 is 0 Å². The van der Waals surface area contributed by atoms with Crippen LogP contribution in [0.1, 0.15) is 39.7 Å². The second kappa shape index (κ2) is 6.57. The van der Waals surface area contributed by atoms with Gasteiger partial charge in [0.15, 0.2) is 0 Å². The zero-order chi connectivity index (χ0) is 14.7. The molecule has 3 heteroatoms. The summed E-state index contributed by atoms with van der Waals surface area (Å²) in [6, 6.07) is 5.31. The Morgan fingerprint density at radius 2 is 2.10 bits per heavy atom. The molecule has 0 saturated carbocycles. The number of fused-ring (bicyclic) bond motifs is 1. The van der Waals surface area contributed by atoms with E-state index < -0.39 is 0 Å². The predicted molar refractivity (Wildman–Crippen MR) is 80.6 cm³/mol. The normalized spacial score (nSPS) is 20.6. The molecule has 2 rings (SSSR count). The maximum Gasteiger partial charge on any atom is 0.123 e. The minimum Gasteiger partial charge on any atom is -0.490 e. The van der Waals surface area contributed by atoms with Crippen molar-refractivity contribution < 1.29 is 9.13 Å². The molecule has 0 radical (unpaired) electrons. The Balaban J connectivity index is 2.00. The average molecular weight is 279 g/mol. The lowest BCUT2D eigenvalue weighted by Gasteiger charge is -2.30. The van der Waals surface area contributed by atoms with E-state index in [4.69, 9.17) is 4.74 Å². The monoisotopic (exact) mass is 279 g/mol. The molecule has 0 bridgehead atoms. The average Bonchev–Trinajstić information content (AvgIpc) is 2.77. The van der Waals surface area contributed by atoms with Crippen molar-refractivity contribution in [1.29, 1.82) is 0 Å². The highest BCUT2D eigenvalue weighted by Gasteiger charge is 2.29. The fourth-order valence-electron chi connectivity index (χ4n) is 3.25. The summed E-state index contributed by atoms with van der Waals surface area (Å²) in [5.74, 6) is 1.86. The van der Waals surface area contributed by atoms with Crippen LogP contribution in [0.3, 0.4) is 0 Å². The fraction of sp³-hybridized carbons (Fsp3) is 0.647. The topological polar surface area (TPSA) is 21.3 Å². The zero-order valence-electron chi connectivity index (χ0n) is 12.9. The number of halogens is 1. The molecule has 112 valence electrons. The summed E-state index contributed by atoms with van der Waals surface area (Å²) in [6.45, 7) is 9.90. The van der Waals surface area contributed by atoms with Gasteiger partial charge in [-0.2, -0.15) is 0 Å². The number of nitrogens with one attached hydrogen (secondary N) is 1. The minimum atomic E-state index is -0.172. The quantitative estimate of drug-likeness (QED) is 0.855. The number of ether oxygens (including phenoxy) is 1. The van der Waals surface area contributed by atoms with E-state index in [-0.39, 0.29) is 11.9 Å². The van der Waals surface area contributed by atoms with E-state index in [0.29, 0.717) is 17.9 Å². The molecule has 0 spiro atoms. The summed E-state index contributed by atoms with van der Waals surface area (Å²) in [5, 5.41) is 3.52. The van der Waals surface area contributed by atoms with Crippen LogP contribution in [0.4, 0.5) is 4.39 Å². The first kappa shape index (κ1) is 15.3. The molecule has 1 aromatic rings. The summed E-state index contributed by atoms with van der Waals surface area (Å²) in [6.07, 6.45) is 2.03. The molecule has 1 aliphatic heterocycles. The molecule has 0 amide bonds. The third-order valence-corrected chi connectivity index (χ3v) is 4.32. The summed E-state index contributed by atoms with van der Waals surface area (Å²) in [5.41, 5.74) is 1.01. The molecule has 0 fully saturated rings. The van der Waals surface area contributed by atoms with Crippen molar-refractivity contribution in [3.63, 3.8) is 0 Å². The lowest BCUT2D eigenvalue weighted by Crippen LogP contribution is -2.38. The molecule has 3 unspecified atom stereocenters. The van der Waals surface area contributed by atoms with Crippen molar-refractivity contribution in [3.05, 3.63) is 29.6 Å². The highest BCUT2D eigenvalue weighted by atomic mass is 19.1. The summed E-state index contributed by atoms with van der Waals surface area (Å²) < 4.78 is 19.2. The number of hydrogen-bond donors (Lipinski definition) is 1. The molecule has 1 aliphatic rings. The van der Waals surface area contributed by atoms with Gasteiger partial charge in [0, 0.05) is 18.0 Å². The lowest BCUT2D eigenvalue weighted by molar-refractivity contribution is 0.155. The summed E-state index contributed by atoms with van der Waals surface area (Å²) in [4.78, 5) is 0. The van der Waals surface area contributed by atoms with Gasteiger partial charge in [0.2, 0.25) is 0 Å². The van der Waals surface area contributed by atoms with Gasteiger partial charge >= 0.3 is 0 Å². The van der Waals surface area contributed by atoms with Crippen LogP contribution < -0.4 is 10.1 Å². The van der Waals surface area contributed by atoms with Crippen molar-refractivity contribution in [2.45, 2.75) is 52.7 Å². The highest BCUT2D eigenvalue weighted by molar-refractivity contribution is 5.37. The largest absolute Gasteiger partial charge is 0.490 e. The van der Waals surface area contributed by atoms with E-state index >= 15 is 0 Å². The van der Waals surface area contributed by atoms with Crippen LogP contribution >= 0.6 is 0 Å². The second-order valence-corrected chi connectivity index (χ2v) is 6.19.